The molecule has 9 nitrogen and oxygen atoms in total. The lowest BCUT2D eigenvalue weighted by molar-refractivity contribution is -0.870. The van der Waals surface area contributed by atoms with Crippen molar-refractivity contribution in [3.63, 3.8) is 0 Å². The molecule has 3 unspecified atom stereocenters. The summed E-state index contributed by atoms with van der Waals surface area (Å²) in [6.45, 7) is 6.85. The van der Waals surface area contributed by atoms with Crippen LogP contribution < -0.4 is 10.2 Å². The normalized spacial score (nSPS) is 14.0. The van der Waals surface area contributed by atoms with E-state index in [1.54, 1.807) is 0 Å². The average Bonchev–Trinajstić information content (AvgIpc) is 3.23. The maximum atomic E-state index is 13.4. The zero-order valence-electron chi connectivity index (χ0n) is 42.6. The second-order valence-corrected chi connectivity index (χ2v) is 21.2. The molecule has 0 aliphatic rings. The van der Waals surface area contributed by atoms with Gasteiger partial charge in [0, 0.05) is 12.8 Å². The summed E-state index contributed by atoms with van der Waals surface area (Å²) in [4.78, 5) is 39.7. The molecular formula is C53H105N2O7P. The lowest BCUT2D eigenvalue weighted by Crippen LogP contribution is -2.47. The number of phosphoric acid groups is 1. The van der Waals surface area contributed by atoms with Gasteiger partial charge >= 0.3 is 5.97 Å². The molecule has 0 bridgehead atoms. The highest BCUT2D eigenvalue weighted by atomic mass is 31.2. The number of ether oxygens (including phenoxy) is 1. The summed E-state index contributed by atoms with van der Waals surface area (Å²) >= 11 is 0. The minimum absolute atomic E-state index is 0.0173. The van der Waals surface area contributed by atoms with Crippen LogP contribution in [0, 0.1) is 0 Å². The molecule has 0 radical (unpaired) electrons. The largest absolute Gasteiger partial charge is 0.756 e. The molecule has 1 N–H and O–H groups in total. The Kier molecular flexibility index (Phi) is 43.7. The number of allylic oxidation sites excluding steroid dienone is 1. The fraction of sp³-hybridized carbons (Fsp3) is 0.925. The van der Waals surface area contributed by atoms with Gasteiger partial charge in [-0.15, -0.1) is 0 Å². The second-order valence-electron chi connectivity index (χ2n) is 19.7. The van der Waals surface area contributed by atoms with E-state index < -0.39 is 20.0 Å². The predicted molar refractivity (Wildman–Crippen MR) is 266 cm³/mol. The molecule has 0 heterocycles. The van der Waals surface area contributed by atoms with Crippen LogP contribution in [-0.4, -0.2) is 69.4 Å². The van der Waals surface area contributed by atoms with E-state index in [0.29, 0.717) is 17.4 Å². The molecule has 0 aliphatic carbocycles. The van der Waals surface area contributed by atoms with Crippen LogP contribution in [0.25, 0.3) is 0 Å². The van der Waals surface area contributed by atoms with Gasteiger partial charge in [-0.3, -0.25) is 14.2 Å². The SMILES string of the molecule is CCCCCCCCCCC/C=C/C(OC(=O)CCCCCCCCCCCCCCC)C(COP(=O)([O-])OCC[N+](C)(C)C)NC(=O)CCCCCCCCCCCCCCC. The van der Waals surface area contributed by atoms with Crippen LogP contribution in [0.1, 0.15) is 265 Å². The molecule has 0 aromatic heterocycles. The monoisotopic (exact) mass is 913 g/mol. The smallest absolute Gasteiger partial charge is 0.306 e. The van der Waals surface area contributed by atoms with Crippen LogP contribution in [0.5, 0.6) is 0 Å². The van der Waals surface area contributed by atoms with Crippen molar-refractivity contribution < 1.29 is 37.3 Å². The summed E-state index contributed by atoms with van der Waals surface area (Å²) in [5, 5.41) is 3.01. The van der Waals surface area contributed by atoms with E-state index in [2.05, 4.69) is 26.1 Å². The van der Waals surface area contributed by atoms with Gasteiger partial charge in [-0.1, -0.05) is 232 Å². The van der Waals surface area contributed by atoms with Gasteiger partial charge in [-0.05, 0) is 31.8 Å². The molecule has 0 aliphatic heterocycles. The number of esters is 1. The highest BCUT2D eigenvalue weighted by molar-refractivity contribution is 7.45. The summed E-state index contributed by atoms with van der Waals surface area (Å²) in [5.74, 6) is -0.528. The summed E-state index contributed by atoms with van der Waals surface area (Å²) in [5.41, 5.74) is 0. The van der Waals surface area contributed by atoms with Crippen molar-refractivity contribution in [2.45, 2.75) is 277 Å². The first kappa shape index (κ1) is 61.8. The molecule has 63 heavy (non-hydrogen) atoms. The minimum atomic E-state index is -4.68. The van der Waals surface area contributed by atoms with Gasteiger partial charge in [0.05, 0.1) is 33.8 Å². The lowest BCUT2D eigenvalue weighted by atomic mass is 10.0. The van der Waals surface area contributed by atoms with Gasteiger partial charge in [-0.25, -0.2) is 0 Å². The van der Waals surface area contributed by atoms with Crippen LogP contribution in [0.15, 0.2) is 12.2 Å². The molecule has 0 saturated carbocycles. The van der Waals surface area contributed by atoms with Gasteiger partial charge in [0.15, 0.2) is 0 Å². The molecule has 374 valence electrons. The maximum Gasteiger partial charge on any atom is 0.306 e. The fourth-order valence-corrected chi connectivity index (χ4v) is 8.72. The Morgan fingerprint density at radius 1 is 0.540 bits per heavy atom. The standard InChI is InChI=1S/C53H105N2O7P/c1-7-10-13-16-19-22-25-27-30-33-36-39-42-45-52(56)54-50(49-61-63(58,59)60-48-47-55(4,5)6)51(44-41-38-35-32-29-24-21-18-15-12-9-3)62-53(57)46-43-40-37-34-31-28-26-23-20-17-14-11-8-2/h41,44,50-51H,7-40,42-43,45-49H2,1-6H3,(H-,54,56,58,59)/b44-41+. The number of amides is 1. The molecule has 0 fully saturated rings. The number of likely N-dealkylation sites (N-methyl/N-ethyl adjacent to an activating group) is 1. The molecule has 0 rings (SSSR count). The third-order valence-electron chi connectivity index (χ3n) is 12.2. The van der Waals surface area contributed by atoms with Gasteiger partial charge < -0.3 is 28.5 Å². The molecule has 0 aromatic rings. The third kappa shape index (κ3) is 45.7. The topological polar surface area (TPSA) is 114 Å². The Morgan fingerprint density at radius 2 is 0.905 bits per heavy atom. The molecule has 10 heteroatoms. The van der Waals surface area contributed by atoms with Crippen LogP contribution >= 0.6 is 7.82 Å². The van der Waals surface area contributed by atoms with Crippen molar-refractivity contribution >= 4 is 19.7 Å². The molecule has 1 amide bonds. The van der Waals surface area contributed by atoms with Crippen molar-refractivity contribution in [2.24, 2.45) is 0 Å². The Labute approximate surface area is 391 Å². The van der Waals surface area contributed by atoms with Gasteiger partial charge in [0.1, 0.15) is 19.3 Å². The van der Waals surface area contributed by atoms with Crippen LogP contribution in [0.2, 0.25) is 0 Å². The summed E-state index contributed by atoms with van der Waals surface area (Å²) in [7, 11) is 1.20. The van der Waals surface area contributed by atoms with E-state index in [9.17, 15) is 19.0 Å². The van der Waals surface area contributed by atoms with E-state index in [-0.39, 0.29) is 31.5 Å². The van der Waals surface area contributed by atoms with Crippen LogP contribution in [-0.2, 0) is 27.9 Å². The van der Waals surface area contributed by atoms with Crippen molar-refractivity contribution in [3.8, 4) is 0 Å². The van der Waals surface area contributed by atoms with Gasteiger partial charge in [0.2, 0.25) is 5.91 Å². The number of nitrogens with zero attached hydrogens (tertiary/aromatic N) is 1. The van der Waals surface area contributed by atoms with Crippen LogP contribution in [0.4, 0.5) is 0 Å². The molecule has 0 spiro atoms. The second kappa shape index (κ2) is 44.6. The number of nitrogens with one attached hydrogen (secondary N) is 1. The van der Waals surface area contributed by atoms with E-state index in [1.807, 2.05) is 33.3 Å². The first-order valence-corrected chi connectivity index (χ1v) is 28.5. The van der Waals surface area contributed by atoms with E-state index in [0.717, 1.165) is 57.8 Å². The Hall–Kier alpha value is -1.25. The Morgan fingerprint density at radius 3 is 1.30 bits per heavy atom. The van der Waals surface area contributed by atoms with Crippen molar-refractivity contribution in [2.75, 3.05) is 40.9 Å². The molecular weight excluding hydrogens is 808 g/mol. The number of carbonyl (C=O) groups excluding carboxylic acids is 2. The number of hydrogen-bond acceptors (Lipinski definition) is 7. The predicted octanol–water partition coefficient (Wildman–Crippen LogP) is 15.0. The number of carbonyl (C=O) groups is 2. The van der Waals surface area contributed by atoms with Crippen molar-refractivity contribution in [3.05, 3.63) is 12.2 Å². The molecule has 3 atom stereocenters. The van der Waals surface area contributed by atoms with E-state index in [4.69, 9.17) is 13.8 Å². The maximum absolute atomic E-state index is 13.4. The first-order chi connectivity index (χ1) is 30.4. The van der Waals surface area contributed by atoms with Crippen molar-refractivity contribution in [1.29, 1.82) is 0 Å². The van der Waals surface area contributed by atoms with E-state index >= 15 is 0 Å². The minimum Gasteiger partial charge on any atom is -0.756 e. The van der Waals surface area contributed by atoms with Crippen molar-refractivity contribution in [1.82, 2.24) is 5.32 Å². The number of hydrogen-bond donors (Lipinski definition) is 1. The average molecular weight is 913 g/mol. The summed E-state index contributed by atoms with van der Waals surface area (Å²) in [6.07, 6.45) is 47.4. The summed E-state index contributed by atoms with van der Waals surface area (Å²) < 4.78 is 30.1. The summed E-state index contributed by atoms with van der Waals surface area (Å²) in [6, 6.07) is -0.876. The number of quaternary nitrogens is 1. The molecule has 0 saturated heterocycles. The number of phosphoric ester groups is 1. The third-order valence-corrected chi connectivity index (χ3v) is 13.2. The molecule has 0 aromatic carbocycles. The number of rotatable bonds is 49. The fourth-order valence-electron chi connectivity index (χ4n) is 7.99. The van der Waals surface area contributed by atoms with Gasteiger partial charge in [0.25, 0.3) is 7.82 Å². The highest BCUT2D eigenvalue weighted by Crippen LogP contribution is 2.38. The van der Waals surface area contributed by atoms with Crippen LogP contribution in [0.3, 0.4) is 0 Å². The zero-order valence-corrected chi connectivity index (χ0v) is 43.4. The first-order valence-electron chi connectivity index (χ1n) is 27.0. The zero-order chi connectivity index (χ0) is 46.5. The lowest BCUT2D eigenvalue weighted by Gasteiger charge is -2.30. The Balaban J connectivity index is 5.36. The van der Waals surface area contributed by atoms with E-state index in [1.165, 1.54) is 173 Å². The quantitative estimate of drug-likeness (QED) is 0.0213. The highest BCUT2D eigenvalue weighted by Gasteiger charge is 2.27. The number of unbranched alkanes of at least 4 members (excludes halogenated alkanes) is 33. The Bertz CT molecular complexity index is 1100. The van der Waals surface area contributed by atoms with Gasteiger partial charge in [-0.2, -0.15) is 0 Å².